The van der Waals surface area contributed by atoms with Crippen LogP contribution in [0, 0.1) is 11.3 Å². The van der Waals surface area contributed by atoms with Gasteiger partial charge in [0.25, 0.3) is 11.7 Å². The number of anilines is 1. The predicted molar refractivity (Wildman–Crippen MR) is 318 cm³/mol. The molecule has 1 aliphatic carbocycles. The third-order valence-corrected chi connectivity index (χ3v) is 15.9. The van der Waals surface area contributed by atoms with Gasteiger partial charge in [-0.15, -0.1) is 16.4 Å². The monoisotopic (exact) mass is 1170 g/mol. The van der Waals surface area contributed by atoms with E-state index >= 15 is 0 Å². The van der Waals surface area contributed by atoms with Crippen molar-refractivity contribution in [1.82, 2.24) is 50.4 Å². The number of ether oxygens (including phenoxy) is 3. The summed E-state index contributed by atoms with van der Waals surface area (Å²) >= 11 is 1.27. The highest BCUT2D eigenvalue weighted by Crippen LogP contribution is 2.37. The third kappa shape index (κ3) is 17.0. The van der Waals surface area contributed by atoms with E-state index in [0.717, 1.165) is 69.1 Å². The van der Waals surface area contributed by atoms with Gasteiger partial charge in [0.2, 0.25) is 23.4 Å². The Morgan fingerprint density at radius 1 is 0.905 bits per heavy atom. The lowest BCUT2D eigenvalue weighted by atomic mass is 9.83. The first kappa shape index (κ1) is 61.5. The number of aromatic nitrogens is 6. The summed E-state index contributed by atoms with van der Waals surface area (Å²) in [7, 11) is 3.21. The van der Waals surface area contributed by atoms with Crippen molar-refractivity contribution >= 4 is 58.3 Å². The van der Waals surface area contributed by atoms with Crippen molar-refractivity contribution in [3.8, 4) is 11.5 Å². The molecule has 84 heavy (non-hydrogen) atoms. The number of hydrogen-bond donors (Lipinski definition) is 5. The van der Waals surface area contributed by atoms with E-state index in [-0.39, 0.29) is 48.5 Å². The first-order valence-corrected chi connectivity index (χ1v) is 29.4. The third-order valence-electron chi connectivity index (χ3n) is 14.8. The fourth-order valence-electron chi connectivity index (χ4n) is 9.94. The van der Waals surface area contributed by atoms with Crippen LogP contribution in [0.2, 0.25) is 0 Å². The Balaban J connectivity index is 0.748. The lowest BCUT2D eigenvalue weighted by Crippen LogP contribution is -2.56. The Bertz CT molecular complexity index is 3280. The molecule has 1 saturated heterocycles. The van der Waals surface area contributed by atoms with Crippen LogP contribution in [-0.2, 0) is 34.0 Å². The molecule has 23 heteroatoms. The van der Waals surface area contributed by atoms with E-state index in [1.165, 1.54) is 34.2 Å². The number of nitrogens with zero attached hydrogens (tertiary/aromatic N) is 9. The van der Waals surface area contributed by atoms with Crippen molar-refractivity contribution < 1.29 is 42.8 Å². The molecule has 2 fully saturated rings. The summed E-state index contributed by atoms with van der Waals surface area (Å²) in [6, 6.07) is 21.4. The quantitative estimate of drug-likeness (QED) is 0.0120. The number of nitrogens with one attached hydrogen (secondary N) is 4. The Morgan fingerprint density at radius 2 is 1.67 bits per heavy atom. The van der Waals surface area contributed by atoms with E-state index in [2.05, 4.69) is 41.2 Å². The number of ketones is 1. The van der Waals surface area contributed by atoms with Gasteiger partial charge in [-0.05, 0) is 133 Å². The van der Waals surface area contributed by atoms with Crippen LogP contribution in [0.15, 0.2) is 104 Å². The normalized spacial score (nSPS) is 15.5. The number of rotatable bonds is 25. The number of unbranched alkanes of at least 4 members (excludes halogenated alkanes) is 2. The molecule has 444 valence electrons. The van der Waals surface area contributed by atoms with E-state index < -0.39 is 29.7 Å². The lowest BCUT2D eigenvalue weighted by molar-refractivity contribution is -0.373. The van der Waals surface area contributed by atoms with Crippen molar-refractivity contribution in [2.24, 2.45) is 11.7 Å². The number of amidine groups is 2. The number of hydrogen-bond acceptors (Lipinski definition) is 16. The molecule has 0 spiro atoms. The highest BCUT2D eigenvalue weighted by molar-refractivity contribution is 7.14. The second kappa shape index (κ2) is 29.1. The highest BCUT2D eigenvalue weighted by Gasteiger charge is 2.41. The van der Waals surface area contributed by atoms with Gasteiger partial charge < -0.3 is 40.8 Å². The van der Waals surface area contributed by atoms with Crippen molar-refractivity contribution in [3.05, 3.63) is 142 Å². The molecule has 1 saturated carbocycles. The van der Waals surface area contributed by atoms with Gasteiger partial charge in [-0.2, -0.15) is 5.41 Å². The van der Waals surface area contributed by atoms with Gasteiger partial charge in [-0.25, -0.2) is 24.3 Å². The first-order chi connectivity index (χ1) is 40.4. The van der Waals surface area contributed by atoms with E-state index in [1.54, 1.807) is 100 Å². The van der Waals surface area contributed by atoms with Crippen LogP contribution in [0.4, 0.5) is 10.5 Å². The Labute approximate surface area is 494 Å². The van der Waals surface area contributed by atoms with Gasteiger partial charge in [0.1, 0.15) is 65.1 Å². The van der Waals surface area contributed by atoms with Gasteiger partial charge in [-0.1, -0.05) is 54.8 Å². The topological polar surface area (TPSA) is 278 Å². The lowest BCUT2D eigenvalue weighted by Gasteiger charge is -2.36. The molecule has 4 amide bonds. The summed E-state index contributed by atoms with van der Waals surface area (Å²) in [4.78, 5) is 84.3. The maximum atomic E-state index is 14.6. The zero-order valence-corrected chi connectivity index (χ0v) is 49.5. The Morgan fingerprint density at radius 3 is 2.44 bits per heavy atom. The van der Waals surface area contributed by atoms with Crippen LogP contribution in [0.1, 0.15) is 145 Å². The van der Waals surface area contributed by atoms with Gasteiger partial charge in [0.15, 0.2) is 0 Å². The number of benzene rings is 3. The SMILES string of the molecule is C[C@@H](C(=O)N[C@H](C(=O)N1CCC[C@H]1c1ncc(C(=O)c2cccc(OCc3cn(CCCCCOc4cccc(CNC(=O)c5cccc(NCC(N)=[N+](C)C(=N)c6ccncn6)c5)c4)nn3)c2)s1)C1CCCCC1)N(C)C(=O)OC(C)(C)C. The minimum atomic E-state index is -0.869. The molecule has 6 N–H and O–H groups in total. The number of thiazole rings is 1. The second-order valence-electron chi connectivity index (χ2n) is 22.2. The molecule has 3 aromatic carbocycles. The highest BCUT2D eigenvalue weighted by atomic mass is 32.1. The zero-order valence-electron chi connectivity index (χ0n) is 48.7. The number of aryl methyl sites for hydroxylation is 1. The Hall–Kier alpha value is -8.60. The number of amides is 4. The number of nitrogens with two attached hydrogens (primary N) is 1. The molecular weight excluding hydrogens is 1090 g/mol. The molecule has 0 radical (unpaired) electrons. The Kier molecular flexibility index (Phi) is 21.3. The number of likely N-dealkylation sites (tertiary alicyclic amines) is 1. The summed E-state index contributed by atoms with van der Waals surface area (Å²) in [6.07, 6.45) is 14.4. The molecule has 0 unspecified atom stereocenters. The molecule has 0 bridgehead atoms. The number of likely N-dealkylation sites (N-methyl/N-ethyl adjacent to an activating group) is 1. The van der Waals surface area contributed by atoms with E-state index in [9.17, 15) is 24.0 Å². The first-order valence-electron chi connectivity index (χ1n) is 28.6. The number of carbonyl (C=O) groups is 5. The van der Waals surface area contributed by atoms with Crippen molar-refractivity contribution in [1.29, 1.82) is 5.41 Å². The van der Waals surface area contributed by atoms with E-state index in [1.807, 2.05) is 41.4 Å². The maximum absolute atomic E-state index is 14.6. The van der Waals surface area contributed by atoms with Gasteiger partial charge >= 0.3 is 6.09 Å². The standard InChI is InChI=1S/C61H76N14O8S/c1-40(72(5)60(80)83-61(2,3)4)56(77)69-53(42-18-9-7-10-19-42)59(79)75-29-16-25-50(75)58-67-35-51(84-58)54(76)43-20-15-24-48(33-43)82-38-46-37-74(71-70-46)28-11-8-12-30-81-47-23-13-17-41(31-47)34-66-57(78)44-21-14-22-45(32-44)65-36-52(62)73(6)55(63)49-26-27-64-39-68-49/h13-15,17,20-24,26-27,31-33,35,37,39-40,42,50,53,62-63,65H,7-12,16,18-19,25,28-30,34,36,38H2,1-6H3,(H2,66,69,77,78)/p+1/t40-,50-,53-/m0/s1. The van der Waals surface area contributed by atoms with Crippen molar-refractivity contribution in [3.63, 3.8) is 0 Å². The van der Waals surface area contributed by atoms with Crippen LogP contribution in [0.25, 0.3) is 0 Å². The smallest absolute Gasteiger partial charge is 0.410 e. The van der Waals surface area contributed by atoms with Crippen molar-refractivity contribution in [2.75, 3.05) is 39.1 Å². The van der Waals surface area contributed by atoms with Crippen LogP contribution in [0.5, 0.6) is 11.5 Å². The van der Waals surface area contributed by atoms with Crippen LogP contribution >= 0.6 is 11.3 Å². The zero-order chi connectivity index (χ0) is 59.8. The molecule has 22 nitrogen and oxygen atoms in total. The largest absolute Gasteiger partial charge is 0.494 e. The molecule has 6 aromatic rings. The molecule has 8 rings (SSSR count). The minimum absolute atomic E-state index is 0.0436. The van der Waals surface area contributed by atoms with Gasteiger partial charge in [0, 0.05) is 55.9 Å². The summed E-state index contributed by atoms with van der Waals surface area (Å²) in [5.41, 5.74) is 9.15. The molecule has 3 aromatic heterocycles. The van der Waals surface area contributed by atoms with E-state index in [0.29, 0.717) is 82.3 Å². The second-order valence-corrected chi connectivity index (χ2v) is 23.3. The summed E-state index contributed by atoms with van der Waals surface area (Å²) < 4.78 is 21.0. The fourth-order valence-corrected chi connectivity index (χ4v) is 11.0. The molecule has 3 atom stereocenters. The average molecular weight is 1170 g/mol. The van der Waals surface area contributed by atoms with Crippen LogP contribution in [-0.4, -0.2) is 137 Å². The van der Waals surface area contributed by atoms with E-state index in [4.69, 9.17) is 25.4 Å². The van der Waals surface area contributed by atoms with Gasteiger partial charge in [0.05, 0.1) is 30.8 Å². The maximum Gasteiger partial charge on any atom is 0.410 e. The molecular formula is C61H77N14O8S+. The fraction of sp³-hybridized carbons (Fsp3) is 0.443. The summed E-state index contributed by atoms with van der Waals surface area (Å²) in [6.45, 7) is 9.35. The molecule has 1 aliphatic heterocycles. The molecule has 2 aliphatic rings. The van der Waals surface area contributed by atoms with Crippen LogP contribution in [0.3, 0.4) is 0 Å². The number of carbonyl (C=O) groups excluding carboxylic acids is 5. The summed E-state index contributed by atoms with van der Waals surface area (Å²) in [5, 5.41) is 26.9. The predicted octanol–water partition coefficient (Wildman–Crippen LogP) is 7.93. The minimum Gasteiger partial charge on any atom is -0.494 e. The summed E-state index contributed by atoms with van der Waals surface area (Å²) in [5.74, 6) is 0.690. The average Bonchev–Trinajstić information content (AvgIpc) is 3.56. The molecule has 4 heterocycles. The van der Waals surface area contributed by atoms with Gasteiger partial charge in [-0.3, -0.25) is 28.8 Å². The van der Waals surface area contributed by atoms with Crippen molar-refractivity contribution in [2.45, 2.75) is 135 Å². The van der Waals surface area contributed by atoms with Crippen LogP contribution < -0.4 is 31.2 Å².